The van der Waals surface area contributed by atoms with E-state index in [0.29, 0.717) is 24.5 Å². The molecular weight excluding hydrogens is 310 g/mol. The number of carbonyl (C=O) groups excluding carboxylic acids is 2. The highest BCUT2D eigenvalue weighted by Gasteiger charge is 2.32. The quantitative estimate of drug-likeness (QED) is 0.699. The maximum absolute atomic E-state index is 12.5. The van der Waals surface area contributed by atoms with Gasteiger partial charge < -0.3 is 19.5 Å². The Bertz CT molecular complexity index is 573. The number of methoxy groups -OCH3 is 2. The van der Waals surface area contributed by atoms with Crippen molar-refractivity contribution < 1.29 is 23.8 Å². The van der Waals surface area contributed by atoms with Crippen LogP contribution in [0.5, 0.6) is 5.75 Å². The van der Waals surface area contributed by atoms with Crippen LogP contribution >= 0.6 is 0 Å². The Hall–Kier alpha value is -2.08. The molecule has 0 aliphatic rings. The van der Waals surface area contributed by atoms with Crippen LogP contribution in [0.25, 0.3) is 0 Å². The Morgan fingerprint density at radius 1 is 1.21 bits per heavy atom. The molecule has 1 rings (SSSR count). The summed E-state index contributed by atoms with van der Waals surface area (Å²) in [5.41, 5.74) is -0.159. The first-order valence-corrected chi connectivity index (χ1v) is 8.13. The minimum atomic E-state index is -0.917. The number of carbonyl (C=O) groups is 2. The zero-order valence-electron chi connectivity index (χ0n) is 15.1. The third-order valence-corrected chi connectivity index (χ3v) is 3.88. The number of unbranched alkanes of at least 4 members (excludes halogenated alkanes) is 1. The summed E-state index contributed by atoms with van der Waals surface area (Å²) in [5.74, 6) is -0.351. The smallest absolute Gasteiger partial charge is 0.341 e. The molecule has 1 N–H and O–H groups in total. The first-order chi connectivity index (χ1) is 11.4. The number of esters is 1. The molecule has 0 unspecified atom stereocenters. The van der Waals surface area contributed by atoms with E-state index in [1.165, 1.54) is 14.2 Å². The van der Waals surface area contributed by atoms with Crippen molar-refractivity contribution in [3.8, 4) is 5.75 Å². The molecule has 0 saturated heterocycles. The van der Waals surface area contributed by atoms with Gasteiger partial charge in [-0.05, 0) is 38.5 Å². The lowest BCUT2D eigenvalue weighted by atomic mass is 9.97. The number of rotatable bonds is 9. The number of amides is 1. The summed E-state index contributed by atoms with van der Waals surface area (Å²) in [5, 5.41) is 2.80. The van der Waals surface area contributed by atoms with E-state index in [1.54, 1.807) is 25.1 Å². The molecule has 0 spiro atoms. The first-order valence-electron chi connectivity index (χ1n) is 8.13. The maximum Gasteiger partial charge on any atom is 0.341 e. The molecular formula is C18H27NO5. The van der Waals surface area contributed by atoms with E-state index < -0.39 is 11.6 Å². The molecule has 0 aliphatic carbocycles. The molecule has 1 aromatic rings. The van der Waals surface area contributed by atoms with Gasteiger partial charge in [0.2, 0.25) is 0 Å². The van der Waals surface area contributed by atoms with Crippen LogP contribution in [0.3, 0.4) is 0 Å². The third kappa shape index (κ3) is 4.96. The van der Waals surface area contributed by atoms with Crippen LogP contribution in [0.1, 0.15) is 50.4 Å². The molecule has 6 nitrogen and oxygen atoms in total. The van der Waals surface area contributed by atoms with Gasteiger partial charge in [0.1, 0.15) is 16.9 Å². The number of anilines is 1. The Balaban J connectivity index is 3.01. The molecule has 0 radical (unpaired) electrons. The van der Waals surface area contributed by atoms with Gasteiger partial charge in [-0.2, -0.15) is 0 Å². The van der Waals surface area contributed by atoms with Gasteiger partial charge in [-0.15, -0.1) is 0 Å². The Morgan fingerprint density at radius 3 is 2.46 bits per heavy atom. The summed E-state index contributed by atoms with van der Waals surface area (Å²) in [6.07, 6.45) is 2.48. The fraction of sp³-hybridized carbons (Fsp3) is 0.556. The van der Waals surface area contributed by atoms with E-state index in [1.807, 2.05) is 6.92 Å². The van der Waals surface area contributed by atoms with Crippen molar-refractivity contribution in [3.63, 3.8) is 0 Å². The monoisotopic (exact) mass is 337 g/mol. The molecule has 1 amide bonds. The topological polar surface area (TPSA) is 73.9 Å². The van der Waals surface area contributed by atoms with E-state index in [-0.39, 0.29) is 11.5 Å². The summed E-state index contributed by atoms with van der Waals surface area (Å²) >= 11 is 0. The third-order valence-electron chi connectivity index (χ3n) is 3.88. The lowest BCUT2D eigenvalue weighted by molar-refractivity contribution is -0.136. The molecule has 6 heteroatoms. The van der Waals surface area contributed by atoms with Crippen LogP contribution in [-0.2, 0) is 14.3 Å². The lowest BCUT2D eigenvalue weighted by Gasteiger charge is -2.27. The van der Waals surface area contributed by atoms with E-state index in [0.717, 1.165) is 12.8 Å². The molecule has 0 fully saturated rings. The first kappa shape index (κ1) is 20.0. The molecule has 0 saturated carbocycles. The Kier molecular flexibility index (Phi) is 7.71. The molecule has 1 atom stereocenters. The summed E-state index contributed by atoms with van der Waals surface area (Å²) in [6, 6.07) is 4.87. The normalized spacial score (nSPS) is 13.0. The van der Waals surface area contributed by atoms with E-state index in [4.69, 9.17) is 14.2 Å². The lowest BCUT2D eigenvalue weighted by Crippen LogP contribution is -2.41. The minimum Gasteiger partial charge on any atom is -0.493 e. The van der Waals surface area contributed by atoms with Crippen molar-refractivity contribution in [2.75, 3.05) is 26.1 Å². The summed E-state index contributed by atoms with van der Waals surface area (Å²) in [7, 11) is 2.82. The largest absolute Gasteiger partial charge is 0.493 e. The van der Waals surface area contributed by atoms with Crippen molar-refractivity contribution in [2.24, 2.45) is 0 Å². The predicted octanol–water partition coefficient (Wildman–Crippen LogP) is 3.41. The Labute approximate surface area is 143 Å². The average Bonchev–Trinajstić information content (AvgIpc) is 2.60. The van der Waals surface area contributed by atoms with Gasteiger partial charge >= 0.3 is 5.97 Å². The number of nitrogens with one attached hydrogen (secondary N) is 1. The molecule has 0 aliphatic heterocycles. The number of hydrogen-bond acceptors (Lipinski definition) is 5. The fourth-order valence-corrected chi connectivity index (χ4v) is 2.24. The summed E-state index contributed by atoms with van der Waals surface area (Å²) < 4.78 is 15.6. The van der Waals surface area contributed by atoms with Gasteiger partial charge in [0, 0.05) is 12.8 Å². The highest BCUT2D eigenvalue weighted by atomic mass is 16.5. The van der Waals surface area contributed by atoms with Crippen molar-refractivity contribution >= 4 is 17.6 Å². The highest BCUT2D eigenvalue weighted by molar-refractivity contribution is 5.99. The van der Waals surface area contributed by atoms with Crippen molar-refractivity contribution in [1.29, 1.82) is 0 Å². The van der Waals surface area contributed by atoms with Crippen molar-refractivity contribution in [3.05, 3.63) is 23.8 Å². The van der Waals surface area contributed by atoms with Crippen LogP contribution in [0.15, 0.2) is 18.2 Å². The number of benzene rings is 1. The van der Waals surface area contributed by atoms with Gasteiger partial charge in [0.15, 0.2) is 0 Å². The second-order valence-electron chi connectivity index (χ2n) is 5.63. The van der Waals surface area contributed by atoms with Crippen LogP contribution < -0.4 is 10.1 Å². The second kappa shape index (κ2) is 9.27. The molecule has 134 valence electrons. The number of ether oxygens (including phenoxy) is 3. The number of hydrogen-bond donors (Lipinski definition) is 1. The van der Waals surface area contributed by atoms with Gasteiger partial charge in [-0.3, -0.25) is 4.79 Å². The van der Waals surface area contributed by atoms with E-state index in [9.17, 15) is 9.59 Å². The van der Waals surface area contributed by atoms with Crippen LogP contribution in [-0.4, -0.2) is 38.3 Å². The second-order valence-corrected chi connectivity index (χ2v) is 5.63. The highest BCUT2D eigenvalue weighted by Crippen LogP contribution is 2.26. The van der Waals surface area contributed by atoms with Gasteiger partial charge in [-0.25, -0.2) is 4.79 Å². The minimum absolute atomic E-state index is 0.251. The molecule has 0 aromatic heterocycles. The van der Waals surface area contributed by atoms with Gasteiger partial charge in [-0.1, -0.05) is 19.8 Å². The summed E-state index contributed by atoms with van der Waals surface area (Å²) in [4.78, 5) is 24.5. The van der Waals surface area contributed by atoms with Gasteiger partial charge in [0.05, 0.1) is 13.7 Å². The van der Waals surface area contributed by atoms with Crippen molar-refractivity contribution in [1.82, 2.24) is 0 Å². The molecule has 1 aromatic carbocycles. The zero-order valence-corrected chi connectivity index (χ0v) is 15.1. The standard InChI is InChI=1S/C18H27NO5/c1-6-8-11-18(3,23-5)17(21)19-13-9-10-15(24-7-2)14(12-13)16(20)22-4/h9-10,12H,6-8,11H2,1-5H3,(H,19,21)/t18-/m1/s1. The SMILES string of the molecule is CCCC[C@@](C)(OC)C(=O)Nc1ccc(OCC)c(C(=O)OC)c1. The van der Waals surface area contributed by atoms with Crippen LogP contribution in [0.2, 0.25) is 0 Å². The maximum atomic E-state index is 12.5. The molecule has 0 heterocycles. The van der Waals surface area contributed by atoms with Crippen LogP contribution in [0, 0.1) is 0 Å². The Morgan fingerprint density at radius 2 is 1.92 bits per heavy atom. The average molecular weight is 337 g/mol. The van der Waals surface area contributed by atoms with Crippen molar-refractivity contribution in [2.45, 2.75) is 45.6 Å². The fourth-order valence-electron chi connectivity index (χ4n) is 2.24. The molecule has 24 heavy (non-hydrogen) atoms. The van der Waals surface area contributed by atoms with E-state index in [2.05, 4.69) is 12.2 Å². The molecule has 0 bridgehead atoms. The van der Waals surface area contributed by atoms with Gasteiger partial charge in [0.25, 0.3) is 5.91 Å². The predicted molar refractivity (Wildman–Crippen MR) is 92.5 cm³/mol. The van der Waals surface area contributed by atoms with E-state index >= 15 is 0 Å². The van der Waals surface area contributed by atoms with Crippen LogP contribution in [0.4, 0.5) is 5.69 Å². The summed E-state index contributed by atoms with van der Waals surface area (Å²) in [6.45, 7) is 6.07. The zero-order chi connectivity index (χ0) is 18.2.